The van der Waals surface area contributed by atoms with Crippen LogP contribution in [0, 0.1) is 0 Å². The van der Waals surface area contributed by atoms with Crippen LogP contribution >= 0.6 is 0 Å². The average Bonchev–Trinajstić information content (AvgIpc) is 3.04. The molecule has 3 aromatic rings. The second-order valence-electron chi connectivity index (χ2n) is 10.5. The fourth-order valence-electron chi connectivity index (χ4n) is 4.72. The number of benzene rings is 3. The summed E-state index contributed by atoms with van der Waals surface area (Å²) in [6.07, 6.45) is -1.35. The third kappa shape index (κ3) is 9.70. The Morgan fingerprint density at radius 1 is 0.956 bits per heavy atom. The van der Waals surface area contributed by atoms with E-state index >= 15 is 0 Å². The average molecular weight is 619 g/mol. The lowest BCUT2D eigenvalue weighted by atomic mass is 10.0. The summed E-state index contributed by atoms with van der Waals surface area (Å²) in [7, 11) is 1.56. The summed E-state index contributed by atoms with van der Waals surface area (Å²) >= 11 is 0. The standard InChI is InChI=1S/C33H38N4O8/c1-21(38)30-33(42)35-23(18-22-8-4-3-5-9-22)20-45-28-11-7-6-10-26(28)31(40)36-27(19-29(39)37-30)32(41)34-16-17-44-25-14-12-24(43-2)13-15-25/h3-15,21,23,27,30,38H,16-20H2,1-2H3,(H,34,41)(H,35,42)(H,36,40)(H,37,39)/t21-,23-,27+,30+/m1/s1. The van der Waals surface area contributed by atoms with Crippen LogP contribution < -0.4 is 35.5 Å². The van der Waals surface area contributed by atoms with Gasteiger partial charge in [0.2, 0.25) is 17.7 Å². The first-order chi connectivity index (χ1) is 21.7. The monoisotopic (exact) mass is 618 g/mol. The van der Waals surface area contributed by atoms with Crippen molar-refractivity contribution >= 4 is 23.6 Å². The highest BCUT2D eigenvalue weighted by Crippen LogP contribution is 2.20. The molecule has 4 atom stereocenters. The topological polar surface area (TPSA) is 164 Å². The molecule has 12 nitrogen and oxygen atoms in total. The molecule has 0 unspecified atom stereocenters. The van der Waals surface area contributed by atoms with E-state index in [1.807, 2.05) is 30.3 Å². The molecular weight excluding hydrogens is 580 g/mol. The smallest absolute Gasteiger partial charge is 0.255 e. The molecular formula is C33H38N4O8. The van der Waals surface area contributed by atoms with Crippen molar-refractivity contribution in [1.29, 1.82) is 0 Å². The molecule has 0 fully saturated rings. The number of nitrogens with one attached hydrogen (secondary N) is 4. The van der Waals surface area contributed by atoms with Gasteiger partial charge in [0.25, 0.3) is 5.91 Å². The number of aliphatic hydroxyl groups is 1. The van der Waals surface area contributed by atoms with E-state index in [4.69, 9.17) is 14.2 Å². The molecule has 0 radical (unpaired) electrons. The fourth-order valence-corrected chi connectivity index (χ4v) is 4.72. The summed E-state index contributed by atoms with van der Waals surface area (Å²) in [5.41, 5.74) is 1.08. The minimum atomic E-state index is -1.32. The van der Waals surface area contributed by atoms with Crippen molar-refractivity contribution in [1.82, 2.24) is 21.3 Å². The normalized spacial score (nSPS) is 19.7. The number of carbonyl (C=O) groups is 4. The molecule has 4 amide bonds. The Morgan fingerprint density at radius 3 is 2.36 bits per heavy atom. The van der Waals surface area contributed by atoms with Crippen LogP contribution in [0.4, 0.5) is 0 Å². The lowest BCUT2D eigenvalue weighted by Crippen LogP contribution is -2.57. The van der Waals surface area contributed by atoms with Crippen LogP contribution in [0.5, 0.6) is 17.2 Å². The van der Waals surface area contributed by atoms with Crippen molar-refractivity contribution < 1.29 is 38.5 Å². The molecule has 0 saturated carbocycles. The highest BCUT2D eigenvalue weighted by atomic mass is 16.5. The molecule has 0 bridgehead atoms. The maximum absolute atomic E-state index is 13.4. The van der Waals surface area contributed by atoms with Crippen LogP contribution in [0.3, 0.4) is 0 Å². The number of rotatable bonds is 9. The van der Waals surface area contributed by atoms with Crippen LogP contribution in [0.2, 0.25) is 0 Å². The number of fused-ring (bicyclic) bond motifs is 1. The second kappa shape index (κ2) is 16.1. The lowest BCUT2D eigenvalue weighted by molar-refractivity contribution is -0.133. The molecule has 45 heavy (non-hydrogen) atoms. The first-order valence-electron chi connectivity index (χ1n) is 14.6. The van der Waals surface area contributed by atoms with Gasteiger partial charge in [-0.2, -0.15) is 0 Å². The van der Waals surface area contributed by atoms with Gasteiger partial charge in [0.1, 0.15) is 42.5 Å². The molecule has 12 heteroatoms. The molecule has 1 aliphatic heterocycles. The number of ether oxygens (including phenoxy) is 3. The highest BCUT2D eigenvalue weighted by Gasteiger charge is 2.32. The Balaban J connectivity index is 1.51. The van der Waals surface area contributed by atoms with Crippen molar-refractivity contribution in [2.75, 3.05) is 26.9 Å². The zero-order valence-electron chi connectivity index (χ0n) is 25.2. The van der Waals surface area contributed by atoms with E-state index in [0.717, 1.165) is 5.56 Å². The number of carbonyl (C=O) groups excluding carboxylic acids is 4. The molecule has 5 N–H and O–H groups in total. The number of aliphatic hydroxyl groups excluding tert-OH is 1. The van der Waals surface area contributed by atoms with Gasteiger partial charge in [-0.25, -0.2) is 0 Å². The molecule has 0 spiro atoms. The molecule has 0 aliphatic carbocycles. The molecule has 4 rings (SSSR count). The summed E-state index contributed by atoms with van der Waals surface area (Å²) in [5.74, 6) is -1.11. The number of hydrogen-bond acceptors (Lipinski definition) is 8. The number of amides is 4. The number of para-hydroxylation sites is 1. The number of methoxy groups -OCH3 is 1. The zero-order valence-corrected chi connectivity index (χ0v) is 25.2. The predicted molar refractivity (Wildman–Crippen MR) is 165 cm³/mol. The van der Waals surface area contributed by atoms with Gasteiger partial charge >= 0.3 is 0 Å². The van der Waals surface area contributed by atoms with Gasteiger partial charge in [0, 0.05) is 0 Å². The van der Waals surface area contributed by atoms with Crippen LogP contribution in [0.25, 0.3) is 0 Å². The maximum Gasteiger partial charge on any atom is 0.255 e. The Kier molecular flexibility index (Phi) is 11.7. The molecule has 1 aliphatic rings. The van der Waals surface area contributed by atoms with Crippen LogP contribution in [0.1, 0.15) is 29.3 Å². The van der Waals surface area contributed by atoms with E-state index in [-0.39, 0.29) is 31.1 Å². The maximum atomic E-state index is 13.4. The van der Waals surface area contributed by atoms with Gasteiger partial charge in [0.15, 0.2) is 0 Å². The summed E-state index contributed by atoms with van der Waals surface area (Å²) in [6, 6.07) is 19.7. The minimum Gasteiger partial charge on any atom is -0.497 e. The van der Waals surface area contributed by atoms with E-state index in [0.29, 0.717) is 17.9 Å². The molecule has 1 heterocycles. The Labute approximate surface area is 261 Å². The third-order valence-electron chi connectivity index (χ3n) is 7.07. The highest BCUT2D eigenvalue weighted by molar-refractivity contribution is 6.01. The summed E-state index contributed by atoms with van der Waals surface area (Å²) in [5, 5.41) is 21.1. The first kappa shape index (κ1) is 32.8. The minimum absolute atomic E-state index is 0.0104. The van der Waals surface area contributed by atoms with Crippen LogP contribution in [0.15, 0.2) is 78.9 Å². The Hall–Kier alpha value is -5.10. The number of hydrogen-bond donors (Lipinski definition) is 5. The summed E-state index contributed by atoms with van der Waals surface area (Å²) in [6.45, 7) is 1.57. The zero-order chi connectivity index (χ0) is 32.2. The van der Waals surface area contributed by atoms with Gasteiger partial charge < -0.3 is 40.6 Å². The molecule has 238 valence electrons. The van der Waals surface area contributed by atoms with Gasteiger partial charge in [0.05, 0.1) is 37.8 Å². The lowest BCUT2D eigenvalue weighted by Gasteiger charge is -2.27. The Bertz CT molecular complexity index is 1450. The SMILES string of the molecule is COc1ccc(OCCNC(=O)[C@@H]2CC(=O)N[C@@H]([C@@H](C)O)C(=O)N[C@H](Cc3ccccc3)COc3ccccc3C(=O)N2)cc1. The predicted octanol–water partition coefficient (Wildman–Crippen LogP) is 1.36. The van der Waals surface area contributed by atoms with Crippen molar-refractivity contribution in [3.63, 3.8) is 0 Å². The van der Waals surface area contributed by atoms with Crippen molar-refractivity contribution in [2.45, 2.75) is 44.0 Å². The second-order valence-corrected chi connectivity index (χ2v) is 10.5. The van der Waals surface area contributed by atoms with Crippen LogP contribution in [-0.4, -0.2) is 79.8 Å². The van der Waals surface area contributed by atoms with Gasteiger partial charge in [-0.1, -0.05) is 42.5 Å². The first-order valence-corrected chi connectivity index (χ1v) is 14.6. The van der Waals surface area contributed by atoms with Crippen molar-refractivity contribution in [3.05, 3.63) is 90.0 Å². The quantitative estimate of drug-likeness (QED) is 0.225. The fraction of sp³-hybridized carbons (Fsp3) is 0.333. The molecule has 0 aromatic heterocycles. The van der Waals surface area contributed by atoms with Gasteiger partial charge in [-0.05, 0) is 55.3 Å². The van der Waals surface area contributed by atoms with Crippen LogP contribution in [-0.2, 0) is 20.8 Å². The molecule has 3 aromatic carbocycles. The Morgan fingerprint density at radius 2 is 1.64 bits per heavy atom. The van der Waals surface area contributed by atoms with E-state index in [1.165, 1.54) is 6.92 Å². The summed E-state index contributed by atoms with van der Waals surface area (Å²) in [4.78, 5) is 53.0. The largest absolute Gasteiger partial charge is 0.497 e. The summed E-state index contributed by atoms with van der Waals surface area (Å²) < 4.78 is 16.8. The van der Waals surface area contributed by atoms with Crippen molar-refractivity contribution in [2.24, 2.45) is 0 Å². The van der Waals surface area contributed by atoms with E-state index < -0.39 is 54.3 Å². The van der Waals surface area contributed by atoms with Gasteiger partial charge in [-0.3, -0.25) is 19.2 Å². The van der Waals surface area contributed by atoms with Crippen molar-refractivity contribution in [3.8, 4) is 17.2 Å². The van der Waals surface area contributed by atoms with Gasteiger partial charge in [-0.15, -0.1) is 0 Å². The van der Waals surface area contributed by atoms with E-state index in [9.17, 15) is 24.3 Å². The van der Waals surface area contributed by atoms with E-state index in [1.54, 1.807) is 55.6 Å². The van der Waals surface area contributed by atoms with E-state index in [2.05, 4.69) is 21.3 Å². The third-order valence-corrected chi connectivity index (χ3v) is 7.07. The molecule has 0 saturated heterocycles.